The Kier molecular flexibility index (Phi) is 68.9. The maximum absolute atomic E-state index is 12.4. The van der Waals surface area contributed by atoms with Crippen molar-refractivity contribution in [3.05, 3.63) is 134 Å². The standard InChI is InChI=1S/C78H132O5/c1-3-5-7-9-11-13-15-17-19-21-23-25-27-29-31-33-35-36-37-38-39-40-41-42-43-45-47-49-51-53-55-57-59-61-63-65-67-69-71-73-78(81)83-76(74-79)75-82-77(80)72-70-68-66-64-62-60-58-56-54-52-50-48-46-44-34-32-30-28-26-24-22-20-18-16-14-12-10-8-6-4-2/h5,7,11,13,17,19,23,25,29,31,35-36,38-39,41-42,45,47,51,53,57,59,76,79H,3-4,6,8-10,12,14-16,18,20-22,24,26-28,30,32-34,37,40,43-44,46,48-50,52,54-56,58,60-75H2,1-2H3/b7-5-,13-11-,19-17-,25-23-,31-29-,36-35-,39-38-,42-41-,47-45-,53-51-,59-57-. The highest BCUT2D eigenvalue weighted by Gasteiger charge is 2.16. The van der Waals surface area contributed by atoms with Gasteiger partial charge in [-0.05, 0) is 96.3 Å². The second kappa shape index (κ2) is 72.3. The first kappa shape index (κ1) is 79.0. The lowest BCUT2D eigenvalue weighted by molar-refractivity contribution is -0.161. The average molecular weight is 1150 g/mol. The molecule has 0 bridgehead atoms. The highest BCUT2D eigenvalue weighted by Crippen LogP contribution is 2.18. The summed E-state index contributed by atoms with van der Waals surface area (Å²) in [6, 6.07) is 0. The van der Waals surface area contributed by atoms with E-state index in [4.69, 9.17) is 9.47 Å². The molecule has 0 aliphatic carbocycles. The molecule has 0 saturated heterocycles. The maximum atomic E-state index is 12.4. The SMILES string of the molecule is CC/C=C\C/C=C\C/C=C\C/C=C\C/C=C\C/C=C\C/C=C\C/C=C\C/C=C\C/C=C\C/C=C\CCCCCCCC(=O)OC(CO)COC(=O)CCCCCCCCCCCCCCCCCCCCCCCCCCCCCCCC. The number of aliphatic hydroxyl groups is 1. The van der Waals surface area contributed by atoms with Gasteiger partial charge in [0.25, 0.3) is 0 Å². The Balaban J connectivity index is 3.56. The number of unbranched alkanes of at least 4 members (excludes halogenated alkanes) is 34. The van der Waals surface area contributed by atoms with Crippen LogP contribution in [0.25, 0.3) is 0 Å². The van der Waals surface area contributed by atoms with Gasteiger partial charge in [-0.3, -0.25) is 9.59 Å². The minimum Gasteiger partial charge on any atom is -0.462 e. The van der Waals surface area contributed by atoms with Crippen LogP contribution in [-0.4, -0.2) is 36.4 Å². The van der Waals surface area contributed by atoms with Gasteiger partial charge in [-0.2, -0.15) is 0 Å². The summed E-state index contributed by atoms with van der Waals surface area (Å²) in [5.74, 6) is -0.608. The molecule has 5 nitrogen and oxygen atoms in total. The number of hydrogen-bond donors (Lipinski definition) is 1. The number of rotatable bonds is 64. The van der Waals surface area contributed by atoms with Crippen LogP contribution in [0.3, 0.4) is 0 Å². The highest BCUT2D eigenvalue weighted by atomic mass is 16.6. The Morgan fingerprint density at radius 2 is 0.518 bits per heavy atom. The zero-order chi connectivity index (χ0) is 59.8. The lowest BCUT2D eigenvalue weighted by atomic mass is 10.0. The van der Waals surface area contributed by atoms with Crippen molar-refractivity contribution in [1.29, 1.82) is 0 Å². The van der Waals surface area contributed by atoms with Gasteiger partial charge in [0.2, 0.25) is 0 Å². The molecule has 0 aliphatic heterocycles. The first-order valence-electron chi connectivity index (χ1n) is 35.2. The molecule has 5 heteroatoms. The number of aliphatic hydroxyl groups excluding tert-OH is 1. The summed E-state index contributed by atoms with van der Waals surface area (Å²) in [5, 5.41) is 9.70. The zero-order valence-corrected chi connectivity index (χ0v) is 54.4. The predicted molar refractivity (Wildman–Crippen MR) is 366 cm³/mol. The first-order chi connectivity index (χ1) is 41.1. The van der Waals surface area contributed by atoms with E-state index < -0.39 is 6.10 Å². The third-order valence-electron chi connectivity index (χ3n) is 15.2. The Morgan fingerprint density at radius 3 is 0.783 bits per heavy atom. The fourth-order valence-corrected chi connectivity index (χ4v) is 9.98. The topological polar surface area (TPSA) is 72.8 Å². The van der Waals surface area contributed by atoms with Gasteiger partial charge in [0, 0.05) is 12.8 Å². The number of ether oxygens (including phenoxy) is 2. The molecule has 0 spiro atoms. The van der Waals surface area contributed by atoms with Gasteiger partial charge in [0.05, 0.1) is 6.61 Å². The molecule has 0 aromatic carbocycles. The molecule has 0 aliphatic rings. The summed E-state index contributed by atoms with van der Waals surface area (Å²) < 4.78 is 10.7. The molecule has 1 N–H and O–H groups in total. The molecule has 474 valence electrons. The zero-order valence-electron chi connectivity index (χ0n) is 54.4. The minimum atomic E-state index is -0.792. The Labute approximate surface area is 515 Å². The monoisotopic (exact) mass is 1150 g/mol. The summed E-state index contributed by atoms with van der Waals surface area (Å²) in [7, 11) is 0. The van der Waals surface area contributed by atoms with E-state index in [1.54, 1.807) is 0 Å². The summed E-state index contributed by atoms with van der Waals surface area (Å²) in [6.07, 6.45) is 108. The molecular formula is C78H132O5. The van der Waals surface area contributed by atoms with E-state index in [9.17, 15) is 14.7 Å². The van der Waals surface area contributed by atoms with E-state index in [1.807, 2.05) is 0 Å². The molecule has 1 unspecified atom stereocenters. The van der Waals surface area contributed by atoms with Crippen molar-refractivity contribution in [1.82, 2.24) is 0 Å². The molecule has 0 saturated carbocycles. The normalized spacial score (nSPS) is 13.0. The number of carbonyl (C=O) groups is 2. The fraction of sp³-hybridized carbons (Fsp3) is 0.692. The third kappa shape index (κ3) is 70.4. The largest absolute Gasteiger partial charge is 0.462 e. The van der Waals surface area contributed by atoms with Gasteiger partial charge in [-0.25, -0.2) is 0 Å². The van der Waals surface area contributed by atoms with Crippen LogP contribution in [0.2, 0.25) is 0 Å². The van der Waals surface area contributed by atoms with Crippen LogP contribution in [-0.2, 0) is 19.1 Å². The average Bonchev–Trinajstić information content (AvgIpc) is 3.49. The summed E-state index contributed by atoms with van der Waals surface area (Å²) in [6.45, 7) is 4.04. The number of esters is 2. The van der Waals surface area contributed by atoms with Crippen LogP contribution in [0, 0.1) is 0 Å². The molecule has 83 heavy (non-hydrogen) atoms. The van der Waals surface area contributed by atoms with E-state index in [0.717, 1.165) is 128 Å². The highest BCUT2D eigenvalue weighted by molar-refractivity contribution is 5.70. The van der Waals surface area contributed by atoms with Crippen LogP contribution in [0.5, 0.6) is 0 Å². The molecule has 1 atom stereocenters. The number of carbonyl (C=O) groups excluding carboxylic acids is 2. The molecule has 0 radical (unpaired) electrons. The van der Waals surface area contributed by atoms with Gasteiger partial charge in [0.15, 0.2) is 6.10 Å². The van der Waals surface area contributed by atoms with Crippen molar-refractivity contribution in [3.63, 3.8) is 0 Å². The lowest BCUT2D eigenvalue weighted by Crippen LogP contribution is -2.28. The Morgan fingerprint density at radius 1 is 0.289 bits per heavy atom. The van der Waals surface area contributed by atoms with E-state index in [0.29, 0.717) is 12.8 Å². The van der Waals surface area contributed by atoms with E-state index in [-0.39, 0.29) is 25.2 Å². The second-order valence-electron chi connectivity index (χ2n) is 23.2. The van der Waals surface area contributed by atoms with E-state index in [2.05, 4.69) is 148 Å². The fourth-order valence-electron chi connectivity index (χ4n) is 9.98. The quantitative estimate of drug-likeness (QED) is 0.0373. The number of allylic oxidation sites excluding steroid dienone is 22. The Bertz CT molecular complexity index is 1680. The van der Waals surface area contributed by atoms with Crippen LogP contribution in [0.4, 0.5) is 0 Å². The first-order valence-corrected chi connectivity index (χ1v) is 35.2. The van der Waals surface area contributed by atoms with Crippen molar-refractivity contribution in [2.75, 3.05) is 13.2 Å². The van der Waals surface area contributed by atoms with Gasteiger partial charge in [-0.1, -0.05) is 353 Å². The van der Waals surface area contributed by atoms with Crippen LogP contribution >= 0.6 is 0 Å². The van der Waals surface area contributed by atoms with Gasteiger partial charge in [-0.15, -0.1) is 0 Å². The van der Waals surface area contributed by atoms with Crippen molar-refractivity contribution in [3.8, 4) is 0 Å². The predicted octanol–water partition coefficient (Wildman–Crippen LogP) is 24.7. The van der Waals surface area contributed by atoms with Crippen molar-refractivity contribution >= 4 is 11.9 Å². The van der Waals surface area contributed by atoms with Gasteiger partial charge >= 0.3 is 11.9 Å². The maximum Gasteiger partial charge on any atom is 0.306 e. The van der Waals surface area contributed by atoms with Crippen LogP contribution in [0.15, 0.2) is 134 Å². The summed E-state index contributed by atoms with van der Waals surface area (Å²) in [5.41, 5.74) is 0. The lowest BCUT2D eigenvalue weighted by Gasteiger charge is -2.15. The van der Waals surface area contributed by atoms with Crippen molar-refractivity contribution in [2.45, 2.75) is 335 Å². The molecule has 0 rings (SSSR count). The van der Waals surface area contributed by atoms with Crippen LogP contribution in [0.1, 0.15) is 328 Å². The Hall–Kier alpha value is -3.96. The van der Waals surface area contributed by atoms with Crippen molar-refractivity contribution in [2.24, 2.45) is 0 Å². The number of hydrogen-bond acceptors (Lipinski definition) is 5. The molecule has 0 aromatic heterocycles. The second-order valence-corrected chi connectivity index (χ2v) is 23.2. The summed E-state index contributed by atoms with van der Waals surface area (Å²) >= 11 is 0. The smallest absolute Gasteiger partial charge is 0.306 e. The summed E-state index contributed by atoms with van der Waals surface area (Å²) in [4.78, 5) is 24.6. The van der Waals surface area contributed by atoms with Gasteiger partial charge < -0.3 is 14.6 Å². The van der Waals surface area contributed by atoms with Gasteiger partial charge in [0.1, 0.15) is 6.61 Å². The molecular weight excluding hydrogens is 1020 g/mol. The van der Waals surface area contributed by atoms with E-state index in [1.165, 1.54) is 173 Å². The molecule has 0 aromatic rings. The van der Waals surface area contributed by atoms with Crippen molar-refractivity contribution < 1.29 is 24.2 Å². The molecule has 0 heterocycles. The van der Waals surface area contributed by atoms with Crippen LogP contribution < -0.4 is 0 Å². The third-order valence-corrected chi connectivity index (χ3v) is 15.2. The molecule has 0 amide bonds. The van der Waals surface area contributed by atoms with E-state index >= 15 is 0 Å². The molecule has 0 fully saturated rings. The minimum absolute atomic E-state index is 0.0778.